The molecule has 0 spiro atoms. The van der Waals surface area contributed by atoms with E-state index in [4.69, 9.17) is 19.9 Å². The van der Waals surface area contributed by atoms with Crippen molar-refractivity contribution in [2.45, 2.75) is 26.3 Å². The van der Waals surface area contributed by atoms with E-state index < -0.39 is 0 Å². The molecule has 4 rings (SSSR count). The summed E-state index contributed by atoms with van der Waals surface area (Å²) in [5.41, 5.74) is 9.28. The molecule has 1 atom stereocenters. The first-order chi connectivity index (χ1) is 14.4. The normalized spacial score (nSPS) is 14.6. The van der Waals surface area contributed by atoms with Crippen molar-refractivity contribution in [2.24, 2.45) is 5.92 Å². The Labute approximate surface area is 175 Å². The van der Waals surface area contributed by atoms with Gasteiger partial charge in [0.2, 0.25) is 12.1 Å². The number of benzene rings is 2. The molecule has 0 fully saturated rings. The Balaban J connectivity index is 1.95. The molecule has 7 heteroatoms. The molecule has 0 aliphatic carbocycles. The van der Waals surface area contributed by atoms with Gasteiger partial charge in [-0.2, -0.15) is 0 Å². The topological polar surface area (TPSA) is 90.7 Å². The lowest BCUT2D eigenvalue weighted by atomic mass is 9.83. The van der Waals surface area contributed by atoms with Crippen LogP contribution in [0, 0.1) is 5.92 Å². The van der Waals surface area contributed by atoms with Gasteiger partial charge in [-0.15, -0.1) is 0 Å². The van der Waals surface area contributed by atoms with E-state index in [1.165, 1.54) is 0 Å². The summed E-state index contributed by atoms with van der Waals surface area (Å²) >= 11 is 0. The third-order valence-corrected chi connectivity index (χ3v) is 5.24. The van der Waals surface area contributed by atoms with Crippen LogP contribution >= 0.6 is 0 Å². The second kappa shape index (κ2) is 7.74. The molecule has 1 aromatic heterocycles. The van der Waals surface area contributed by atoms with Crippen molar-refractivity contribution in [3.63, 3.8) is 0 Å². The molecule has 0 saturated carbocycles. The van der Waals surface area contributed by atoms with Gasteiger partial charge in [-0.05, 0) is 29.7 Å². The molecular weight excluding hydrogens is 382 g/mol. The van der Waals surface area contributed by atoms with Crippen LogP contribution in [0.4, 0.5) is 5.82 Å². The molecule has 1 aliphatic rings. The Morgan fingerprint density at radius 3 is 2.60 bits per heavy atom. The summed E-state index contributed by atoms with van der Waals surface area (Å²) in [7, 11) is 3.22. The molecule has 156 valence electrons. The minimum atomic E-state index is -0.240. The maximum atomic E-state index is 9.98. The highest BCUT2D eigenvalue weighted by atomic mass is 16.5. The van der Waals surface area contributed by atoms with E-state index in [2.05, 4.69) is 18.8 Å². The summed E-state index contributed by atoms with van der Waals surface area (Å²) in [6.45, 7) is 5.01. The number of nitrogens with zero attached hydrogens (tertiary/aromatic N) is 2. The number of phenolic OH excluding ortho intramolecular Hbond substituents is 1. The van der Waals surface area contributed by atoms with Gasteiger partial charge in [-0.1, -0.05) is 31.0 Å². The largest absolute Gasteiger partial charge is 0.508 e. The van der Waals surface area contributed by atoms with Gasteiger partial charge >= 0.3 is 5.88 Å². The summed E-state index contributed by atoms with van der Waals surface area (Å²) in [4.78, 5) is 4.54. The number of anilines is 1. The van der Waals surface area contributed by atoms with E-state index in [0.29, 0.717) is 34.9 Å². The lowest BCUT2D eigenvalue weighted by Crippen LogP contribution is -2.41. The van der Waals surface area contributed by atoms with Crippen molar-refractivity contribution in [1.82, 2.24) is 4.98 Å². The molecule has 3 N–H and O–H groups in total. The Bertz CT molecular complexity index is 1100. The number of nitrogens with two attached hydrogens (primary N) is 1. The predicted octanol–water partition coefficient (Wildman–Crippen LogP) is 3.62. The Morgan fingerprint density at radius 1 is 1.13 bits per heavy atom. The zero-order chi connectivity index (χ0) is 21.4. The summed E-state index contributed by atoms with van der Waals surface area (Å²) in [5.74, 6) is 3.16. The van der Waals surface area contributed by atoms with Crippen molar-refractivity contribution in [3.8, 4) is 28.9 Å². The van der Waals surface area contributed by atoms with Gasteiger partial charge in [-0.3, -0.25) is 0 Å². The van der Waals surface area contributed by atoms with Gasteiger partial charge in [0.15, 0.2) is 11.5 Å². The Morgan fingerprint density at radius 2 is 1.90 bits per heavy atom. The highest BCUT2D eigenvalue weighted by Crippen LogP contribution is 2.49. The van der Waals surface area contributed by atoms with Gasteiger partial charge in [0, 0.05) is 11.6 Å². The van der Waals surface area contributed by atoms with Crippen LogP contribution in [-0.2, 0) is 6.54 Å². The Kier molecular flexibility index (Phi) is 5.11. The van der Waals surface area contributed by atoms with Gasteiger partial charge in [0.25, 0.3) is 0 Å². The third kappa shape index (κ3) is 3.36. The quantitative estimate of drug-likeness (QED) is 0.490. The maximum absolute atomic E-state index is 9.98. The van der Waals surface area contributed by atoms with Crippen LogP contribution < -0.4 is 24.5 Å². The SMILES string of the molecule is COc1ccc([C@@H]2c3ccc(O)cc3Oc3nc[n+](CC(C)C)c(N)c32)cc1OC. The van der Waals surface area contributed by atoms with E-state index >= 15 is 0 Å². The maximum Gasteiger partial charge on any atom is 0.306 e. The first-order valence-corrected chi connectivity index (χ1v) is 9.83. The molecule has 3 aromatic rings. The van der Waals surface area contributed by atoms with E-state index in [0.717, 1.165) is 23.2 Å². The molecule has 30 heavy (non-hydrogen) atoms. The van der Waals surface area contributed by atoms with Crippen LogP contribution in [0.2, 0.25) is 0 Å². The van der Waals surface area contributed by atoms with Crippen molar-refractivity contribution in [3.05, 3.63) is 59.4 Å². The van der Waals surface area contributed by atoms with Crippen molar-refractivity contribution in [2.75, 3.05) is 20.0 Å². The molecule has 0 amide bonds. The standard InChI is InChI=1S/C23H25N3O4/c1-13(2)11-26-12-25-23-21(22(26)24)20(16-7-6-15(27)10-18(16)30-23)14-5-8-17(28-3)19(9-14)29-4/h5-10,12-13,20,24,27H,11H2,1-4H3/p+1/t20-/m1/s1. The average Bonchev–Trinajstić information content (AvgIpc) is 2.73. The van der Waals surface area contributed by atoms with Crippen molar-refractivity contribution >= 4 is 5.82 Å². The van der Waals surface area contributed by atoms with Crippen molar-refractivity contribution < 1.29 is 23.9 Å². The summed E-state index contributed by atoms with van der Waals surface area (Å²) < 4.78 is 18.9. The predicted molar refractivity (Wildman–Crippen MR) is 112 cm³/mol. The van der Waals surface area contributed by atoms with Gasteiger partial charge in [0.05, 0.1) is 26.7 Å². The highest BCUT2D eigenvalue weighted by molar-refractivity contribution is 5.63. The number of aromatic nitrogens is 2. The first-order valence-electron chi connectivity index (χ1n) is 9.83. The van der Waals surface area contributed by atoms with E-state index in [9.17, 15) is 5.11 Å². The zero-order valence-corrected chi connectivity index (χ0v) is 17.5. The smallest absolute Gasteiger partial charge is 0.306 e. The molecule has 2 aromatic carbocycles. The number of aromatic hydroxyl groups is 1. The lowest BCUT2D eigenvalue weighted by molar-refractivity contribution is -0.691. The number of hydrogen-bond acceptors (Lipinski definition) is 6. The number of nitrogen functional groups attached to an aromatic ring is 1. The van der Waals surface area contributed by atoms with Crippen LogP contribution in [-0.4, -0.2) is 24.3 Å². The number of methoxy groups -OCH3 is 2. The molecule has 0 unspecified atom stereocenters. The van der Waals surface area contributed by atoms with Crippen LogP contribution in [0.3, 0.4) is 0 Å². The van der Waals surface area contributed by atoms with E-state index in [1.807, 2.05) is 28.8 Å². The van der Waals surface area contributed by atoms with Gasteiger partial charge < -0.3 is 25.1 Å². The second-order valence-corrected chi connectivity index (χ2v) is 7.77. The fourth-order valence-corrected chi connectivity index (χ4v) is 3.90. The fourth-order valence-electron chi connectivity index (χ4n) is 3.90. The minimum absolute atomic E-state index is 0.127. The van der Waals surface area contributed by atoms with E-state index in [1.54, 1.807) is 32.7 Å². The average molecular weight is 408 g/mol. The molecular formula is C23H26N3O4+. The number of phenols is 1. The first kappa shape index (κ1) is 19.8. The minimum Gasteiger partial charge on any atom is -0.508 e. The number of ether oxygens (including phenoxy) is 3. The fraction of sp³-hybridized carbons (Fsp3) is 0.304. The van der Waals surface area contributed by atoms with Crippen molar-refractivity contribution in [1.29, 1.82) is 0 Å². The molecule has 1 aliphatic heterocycles. The lowest BCUT2D eigenvalue weighted by Gasteiger charge is -2.27. The summed E-state index contributed by atoms with van der Waals surface area (Å²) in [5, 5.41) is 9.98. The Hall–Kier alpha value is -3.48. The summed E-state index contributed by atoms with van der Waals surface area (Å²) in [6.07, 6.45) is 1.70. The van der Waals surface area contributed by atoms with Gasteiger partial charge in [0.1, 0.15) is 17.1 Å². The molecule has 2 heterocycles. The number of fused-ring (bicyclic) bond motifs is 2. The van der Waals surface area contributed by atoms with Crippen LogP contribution in [0.1, 0.15) is 36.5 Å². The van der Waals surface area contributed by atoms with E-state index in [-0.39, 0.29) is 11.7 Å². The van der Waals surface area contributed by atoms with Gasteiger partial charge in [-0.25, -0.2) is 4.57 Å². The monoisotopic (exact) mass is 408 g/mol. The molecule has 0 saturated heterocycles. The molecule has 7 nitrogen and oxygen atoms in total. The number of hydrogen-bond donors (Lipinski definition) is 2. The second-order valence-electron chi connectivity index (χ2n) is 7.77. The van der Waals surface area contributed by atoms with Crippen LogP contribution in [0.25, 0.3) is 0 Å². The van der Waals surface area contributed by atoms with Crippen LogP contribution in [0.5, 0.6) is 28.9 Å². The molecule has 0 radical (unpaired) electrons. The van der Waals surface area contributed by atoms with Crippen LogP contribution in [0.15, 0.2) is 42.7 Å². The third-order valence-electron chi connectivity index (χ3n) is 5.24. The highest BCUT2D eigenvalue weighted by Gasteiger charge is 2.36. The molecule has 0 bridgehead atoms. The summed E-state index contributed by atoms with van der Waals surface area (Å²) in [6, 6.07) is 10.9. The number of rotatable bonds is 5. The zero-order valence-electron chi connectivity index (χ0n) is 17.5.